The molecule has 2 amide bonds. The number of piperidine rings is 2. The van der Waals surface area contributed by atoms with E-state index in [9.17, 15) is 28.8 Å². The smallest absolute Gasteiger partial charge is 0.414 e. The van der Waals surface area contributed by atoms with Crippen molar-refractivity contribution in [2.24, 2.45) is 11.8 Å². The van der Waals surface area contributed by atoms with Crippen molar-refractivity contribution in [1.82, 2.24) is 9.80 Å². The summed E-state index contributed by atoms with van der Waals surface area (Å²) in [6, 6.07) is 27.1. The number of nitrogens with zero attached hydrogens (tertiary/aromatic N) is 4. The standard InChI is InChI=1S/C33H47N2O6.C25H30N2O6.2CO2.ClH.HI/c1-24(25-14-9-8-10-15-25)28-17-11-12-19-35(28)31(38)39-23-34-18-13-16-26(21-34)29(36)20-27(22-40-32(2,3)4)30(37)41-33(5,6)7;1-18(19-8-3-2-4-9-19)22-11-5-6-13-27(22)25(32)33-17-26-12-7-10-20(15-26)23(29)14-21(16-28)24(30)31;2*2-1-3;;/h8-10,13-16,18,21,24,27-28H,11-12,17,19-20,22-23H2,1-7H3;2-4,7-10,12,15,18,21-22,28H,5-6,11,13-14,16-17H2,1H3;;;2*1H/q+1;;;;;/p-1/t24-,27+,28?;18-,21+,22?;;;;/m11..../s1. The lowest BCUT2D eigenvalue weighted by atomic mass is 9.87. The van der Waals surface area contributed by atoms with E-state index in [1.807, 2.05) is 62.1 Å². The lowest BCUT2D eigenvalue weighted by Crippen LogP contribution is -3.00. The van der Waals surface area contributed by atoms with E-state index < -0.39 is 53.5 Å². The van der Waals surface area contributed by atoms with E-state index >= 15 is 0 Å². The van der Waals surface area contributed by atoms with Gasteiger partial charge < -0.3 is 75.3 Å². The van der Waals surface area contributed by atoms with Crippen molar-refractivity contribution < 1.29 is 123 Å². The highest BCUT2D eigenvalue weighted by Crippen LogP contribution is 2.32. The minimum absolute atomic E-state index is 0. The lowest BCUT2D eigenvalue weighted by molar-refractivity contribution is -0.727. The van der Waals surface area contributed by atoms with Gasteiger partial charge in [-0.25, -0.2) is 9.59 Å². The monoisotopic (exact) mass is 1270 g/mol. The fourth-order valence-corrected chi connectivity index (χ4v) is 9.18. The van der Waals surface area contributed by atoms with Crippen molar-refractivity contribution in [3.63, 3.8) is 0 Å². The minimum Gasteiger partial charge on any atom is -1.00 e. The van der Waals surface area contributed by atoms with Crippen LogP contribution in [-0.4, -0.2) is 118 Å². The fourth-order valence-electron chi connectivity index (χ4n) is 9.18. The van der Waals surface area contributed by atoms with Gasteiger partial charge in [0.25, 0.3) is 13.5 Å². The molecule has 0 saturated carbocycles. The third kappa shape index (κ3) is 25.6. The van der Waals surface area contributed by atoms with Crippen LogP contribution in [0.15, 0.2) is 110 Å². The molecule has 0 spiro atoms. The first-order valence-corrected chi connectivity index (χ1v) is 26.7. The topological polar surface area (TPSA) is 262 Å². The Hall–Kier alpha value is -6.74. The largest absolute Gasteiger partial charge is 1.00 e. The number of carbonyl (C=O) groups excluding carboxylic acids is 9. The van der Waals surface area contributed by atoms with E-state index in [-0.39, 0.29) is 117 Å². The molecule has 0 radical (unpaired) electrons. The van der Waals surface area contributed by atoms with Crippen LogP contribution in [0.2, 0.25) is 0 Å². The Bertz CT molecular complexity index is 2680. The molecule has 4 heterocycles. The lowest BCUT2D eigenvalue weighted by Gasteiger charge is -2.38. The summed E-state index contributed by atoms with van der Waals surface area (Å²) >= 11 is 0. The number of pyridine rings is 2. The second-order valence-electron chi connectivity index (χ2n) is 21.5. The highest BCUT2D eigenvalue weighted by molar-refractivity contribution is 5.98. The number of hydrogen-bond donors (Lipinski definition) is 2. The number of benzene rings is 2. The number of Topliss-reactive ketones (excluding diaryl/α,β-unsaturated/α-hetero) is 2. The molecule has 6 rings (SSSR count). The van der Waals surface area contributed by atoms with Crippen molar-refractivity contribution in [3.05, 3.63) is 132 Å². The molecule has 82 heavy (non-hydrogen) atoms. The SMILES string of the molecule is C[C@H](c1ccccc1)C1CCCCN1C(=O)OC[n+]1cccc(C(=O)C[C@@H](CO)C(=O)O)c1.C[C@H](c1ccccc1)C1CCCCN1C(=O)OC[n+]1cccc(C(=O)C[C@@H](COC(C)(C)C)C(=O)OC(C)(C)C)c1.O=C=O.O=C=O.[Cl-].[I-]. The summed E-state index contributed by atoms with van der Waals surface area (Å²) in [7, 11) is 0. The maximum Gasteiger partial charge on any atom is 0.414 e. The third-order valence-corrected chi connectivity index (χ3v) is 13.3. The maximum atomic E-state index is 13.2. The van der Waals surface area contributed by atoms with Gasteiger partial charge >= 0.3 is 36.4 Å². The van der Waals surface area contributed by atoms with Gasteiger partial charge in [0.2, 0.25) is 0 Å². The second-order valence-corrected chi connectivity index (χ2v) is 21.5. The predicted octanol–water partition coefficient (Wildman–Crippen LogP) is 1.91. The van der Waals surface area contributed by atoms with Gasteiger partial charge in [-0.1, -0.05) is 74.5 Å². The Morgan fingerprint density at radius 2 is 1.00 bits per heavy atom. The summed E-state index contributed by atoms with van der Waals surface area (Å²) < 4.78 is 25.9. The quantitative estimate of drug-likeness (QED) is 0.0447. The molecule has 4 aromatic rings. The molecular formula is C60H78ClIN4O16. The number of hydrogen-bond acceptors (Lipinski definition) is 15. The van der Waals surface area contributed by atoms with Crippen LogP contribution in [0.5, 0.6) is 0 Å². The highest BCUT2D eigenvalue weighted by Gasteiger charge is 2.35. The Balaban J connectivity index is 0.000000744. The van der Waals surface area contributed by atoms with Crippen LogP contribution in [0.3, 0.4) is 0 Å². The molecule has 2 aliphatic heterocycles. The van der Waals surface area contributed by atoms with E-state index in [1.165, 1.54) is 17.3 Å². The number of aliphatic carboxylic acids is 1. The zero-order chi connectivity index (χ0) is 59.4. The van der Waals surface area contributed by atoms with Crippen LogP contribution in [-0.2, 0) is 61.2 Å². The summed E-state index contributed by atoms with van der Waals surface area (Å²) in [5, 5.41) is 18.2. The zero-order valence-electron chi connectivity index (χ0n) is 47.9. The van der Waals surface area contributed by atoms with Gasteiger partial charge in [-0.2, -0.15) is 28.3 Å². The van der Waals surface area contributed by atoms with Gasteiger partial charge in [-0.15, -0.1) is 0 Å². The number of amides is 2. The number of aromatic nitrogens is 2. The Labute approximate surface area is 503 Å². The number of esters is 1. The Morgan fingerprint density at radius 1 is 0.610 bits per heavy atom. The van der Waals surface area contributed by atoms with Crippen LogP contribution < -0.4 is 45.5 Å². The highest BCUT2D eigenvalue weighted by atomic mass is 127. The van der Waals surface area contributed by atoms with Crippen molar-refractivity contribution in [3.8, 4) is 0 Å². The van der Waals surface area contributed by atoms with E-state index in [4.69, 9.17) is 48.3 Å². The number of halogens is 2. The molecule has 2 saturated heterocycles. The molecule has 2 aliphatic rings. The zero-order valence-corrected chi connectivity index (χ0v) is 50.8. The number of carboxylic acid groups (broad SMARTS) is 1. The molecular weight excluding hydrogens is 1200 g/mol. The van der Waals surface area contributed by atoms with Crippen molar-refractivity contribution in [2.45, 2.75) is 155 Å². The molecule has 6 atom stereocenters. The number of carboxylic acids is 1. The van der Waals surface area contributed by atoms with Crippen molar-refractivity contribution in [2.75, 3.05) is 26.3 Å². The number of rotatable bonds is 19. The van der Waals surface area contributed by atoms with E-state index in [1.54, 1.807) is 77.7 Å². The van der Waals surface area contributed by atoms with Gasteiger partial charge in [-0.3, -0.25) is 19.2 Å². The first-order valence-electron chi connectivity index (χ1n) is 26.7. The van der Waals surface area contributed by atoms with Crippen LogP contribution >= 0.6 is 0 Å². The van der Waals surface area contributed by atoms with Crippen molar-refractivity contribution in [1.29, 1.82) is 0 Å². The number of aliphatic hydroxyl groups is 1. The number of carbonyl (C=O) groups is 6. The fraction of sp³-hybridized carbons (Fsp3) is 0.500. The summed E-state index contributed by atoms with van der Waals surface area (Å²) in [6.45, 7) is 16.1. The maximum absolute atomic E-state index is 13.2. The van der Waals surface area contributed by atoms with E-state index in [2.05, 4.69) is 38.1 Å². The number of likely N-dealkylation sites (tertiary alicyclic amines) is 2. The first-order chi connectivity index (χ1) is 38.0. The summed E-state index contributed by atoms with van der Waals surface area (Å²) in [4.78, 5) is 112. The average Bonchev–Trinajstić information content (AvgIpc) is 3.44. The molecule has 2 fully saturated rings. The molecule has 22 heteroatoms. The molecule has 2 aromatic heterocycles. The molecule has 2 N–H and O–H groups in total. The number of ether oxygens (including phenoxy) is 4. The molecule has 20 nitrogen and oxygen atoms in total. The molecule has 448 valence electrons. The second kappa shape index (κ2) is 37.4. The van der Waals surface area contributed by atoms with Gasteiger partial charge in [0.05, 0.1) is 41.8 Å². The van der Waals surface area contributed by atoms with Crippen LogP contribution in [0, 0.1) is 11.8 Å². The normalized spacial score (nSPS) is 16.1. The Morgan fingerprint density at radius 3 is 1.35 bits per heavy atom. The summed E-state index contributed by atoms with van der Waals surface area (Å²) in [5.74, 6) is -3.81. The molecule has 0 bridgehead atoms. The van der Waals surface area contributed by atoms with Gasteiger partial charge in [0, 0.05) is 62.0 Å². The number of aliphatic hydroxyl groups excluding tert-OH is 1. The summed E-state index contributed by atoms with van der Waals surface area (Å²) in [5.41, 5.74) is 1.96. The van der Waals surface area contributed by atoms with Crippen molar-refractivity contribution >= 4 is 48.0 Å². The van der Waals surface area contributed by atoms with Crippen LogP contribution in [0.4, 0.5) is 9.59 Å². The molecule has 2 unspecified atom stereocenters. The van der Waals surface area contributed by atoms with E-state index in [0.29, 0.717) is 24.2 Å². The van der Waals surface area contributed by atoms with E-state index in [0.717, 1.165) is 38.5 Å². The number of ketones is 2. The van der Waals surface area contributed by atoms with Gasteiger partial charge in [-0.05, 0) is 103 Å². The molecule has 0 aliphatic carbocycles. The molecule has 2 aromatic carbocycles. The average molecular weight is 1270 g/mol. The van der Waals surface area contributed by atoms with Crippen LogP contribution in [0.1, 0.15) is 150 Å². The van der Waals surface area contributed by atoms with Crippen LogP contribution in [0.25, 0.3) is 0 Å². The third-order valence-electron chi connectivity index (χ3n) is 13.3. The predicted molar refractivity (Wildman–Crippen MR) is 286 cm³/mol. The minimum atomic E-state index is -1.22. The van der Waals surface area contributed by atoms with Gasteiger partial charge in [0.15, 0.2) is 36.4 Å². The first kappa shape index (κ1) is 73.3. The summed E-state index contributed by atoms with van der Waals surface area (Å²) in [6.07, 6.45) is 11.8. The Kier molecular flexibility index (Phi) is 33.4. The van der Waals surface area contributed by atoms with Gasteiger partial charge in [0.1, 0.15) is 5.60 Å².